The average molecular weight is 420 g/mol. The van der Waals surface area contributed by atoms with E-state index in [1.54, 1.807) is 7.11 Å². The zero-order chi connectivity index (χ0) is 22.1. The molecule has 0 aromatic heterocycles. The summed E-state index contributed by atoms with van der Waals surface area (Å²) >= 11 is 0. The second kappa shape index (κ2) is 11.2. The van der Waals surface area contributed by atoms with Gasteiger partial charge < -0.3 is 20.7 Å². The lowest BCUT2D eigenvalue weighted by Gasteiger charge is -2.13. The minimum atomic E-state index is -0.264. The van der Waals surface area contributed by atoms with Crippen LogP contribution in [0.2, 0.25) is 0 Å². The highest BCUT2D eigenvalue weighted by Crippen LogP contribution is 2.27. The first-order chi connectivity index (χ1) is 15.1. The number of rotatable bonds is 10. The van der Waals surface area contributed by atoms with E-state index in [1.165, 1.54) is 11.1 Å². The second-order valence-corrected chi connectivity index (χ2v) is 7.48. The molecule has 0 aliphatic heterocycles. The Labute approximate surface area is 183 Å². The first-order valence-corrected chi connectivity index (χ1v) is 10.4. The molecule has 3 rings (SSSR count). The fraction of sp³-hybridized carbons (Fsp3) is 0.280. The molecule has 6 nitrogen and oxygen atoms in total. The van der Waals surface area contributed by atoms with Gasteiger partial charge in [-0.15, -0.1) is 0 Å². The lowest BCUT2D eigenvalue weighted by atomic mass is 9.97. The van der Waals surface area contributed by atoms with Crippen LogP contribution in [0.4, 0.5) is 5.69 Å². The molecule has 3 aromatic carbocycles. The highest BCUT2D eigenvalue weighted by molar-refractivity contribution is 6.04. The number of carbonyl (C=O) groups excluding carboxylic acids is 2. The molecule has 3 N–H and O–H groups in total. The summed E-state index contributed by atoms with van der Waals surface area (Å²) in [7, 11) is 1.62. The monoisotopic (exact) mass is 419 g/mol. The van der Waals surface area contributed by atoms with Crippen LogP contribution >= 0.6 is 0 Å². The molecule has 0 fully saturated rings. The van der Waals surface area contributed by atoms with E-state index in [9.17, 15) is 9.59 Å². The van der Waals surface area contributed by atoms with Crippen molar-refractivity contribution in [2.24, 2.45) is 0 Å². The Morgan fingerprint density at radius 1 is 0.871 bits per heavy atom. The highest BCUT2D eigenvalue weighted by atomic mass is 16.5. The van der Waals surface area contributed by atoms with E-state index in [4.69, 9.17) is 4.74 Å². The van der Waals surface area contributed by atoms with Crippen LogP contribution in [0.5, 0.6) is 0 Å². The van der Waals surface area contributed by atoms with Gasteiger partial charge in [0.1, 0.15) is 0 Å². The molecule has 1 unspecified atom stereocenters. The van der Waals surface area contributed by atoms with Crippen molar-refractivity contribution >= 4 is 28.3 Å². The summed E-state index contributed by atoms with van der Waals surface area (Å²) in [5, 5.41) is 10.6. The molecule has 3 aromatic rings. The van der Waals surface area contributed by atoms with Gasteiger partial charge in [-0.1, -0.05) is 60.7 Å². The Bertz CT molecular complexity index is 1020. The van der Waals surface area contributed by atoms with Crippen LogP contribution in [0.3, 0.4) is 0 Å². The third kappa shape index (κ3) is 6.64. The van der Waals surface area contributed by atoms with Crippen molar-refractivity contribution in [3.63, 3.8) is 0 Å². The third-order valence-electron chi connectivity index (χ3n) is 5.09. The number of benzene rings is 3. The summed E-state index contributed by atoms with van der Waals surface area (Å²) in [5.74, 6) is -0.499. The van der Waals surface area contributed by atoms with E-state index in [2.05, 4.69) is 40.2 Å². The van der Waals surface area contributed by atoms with Crippen molar-refractivity contribution in [1.82, 2.24) is 10.6 Å². The molecule has 0 heterocycles. The molecule has 1 atom stereocenters. The first kappa shape index (κ1) is 22.5. The number of anilines is 1. The lowest BCUT2D eigenvalue weighted by Crippen LogP contribution is -2.40. The molecule has 0 aliphatic rings. The predicted molar refractivity (Wildman–Crippen MR) is 124 cm³/mol. The van der Waals surface area contributed by atoms with Crippen LogP contribution < -0.4 is 16.0 Å². The largest absolute Gasteiger partial charge is 0.380 e. The van der Waals surface area contributed by atoms with Gasteiger partial charge in [0, 0.05) is 24.7 Å². The number of amides is 2. The number of hydrogen-bond acceptors (Lipinski definition) is 4. The van der Waals surface area contributed by atoms with Gasteiger partial charge in [-0.05, 0) is 35.9 Å². The molecule has 2 amide bonds. The van der Waals surface area contributed by atoms with E-state index >= 15 is 0 Å². The summed E-state index contributed by atoms with van der Waals surface area (Å²) in [6.45, 7) is 2.53. The molecule has 31 heavy (non-hydrogen) atoms. The van der Waals surface area contributed by atoms with Gasteiger partial charge in [0.2, 0.25) is 11.8 Å². The maximum absolute atomic E-state index is 12.4. The van der Waals surface area contributed by atoms with E-state index in [0.717, 1.165) is 22.9 Å². The molecule has 0 saturated carbocycles. The number of ether oxygens (including phenoxy) is 1. The Balaban J connectivity index is 1.60. The summed E-state index contributed by atoms with van der Waals surface area (Å²) in [5.41, 5.74) is 3.17. The predicted octanol–water partition coefficient (Wildman–Crippen LogP) is 3.11. The Morgan fingerprint density at radius 2 is 1.61 bits per heavy atom. The quantitative estimate of drug-likeness (QED) is 0.472. The first-order valence-electron chi connectivity index (χ1n) is 10.4. The zero-order valence-electron chi connectivity index (χ0n) is 18.0. The topological polar surface area (TPSA) is 79.5 Å². The number of hydrogen-bond donors (Lipinski definition) is 3. The Morgan fingerprint density at radius 3 is 2.39 bits per heavy atom. The number of methoxy groups -OCH3 is 1. The number of carbonyl (C=O) groups is 2. The van der Waals surface area contributed by atoms with Crippen LogP contribution in [0.1, 0.15) is 18.1 Å². The molecule has 0 saturated heterocycles. The molecular weight excluding hydrogens is 390 g/mol. The number of fused-ring (bicyclic) bond motifs is 1. The SMILES string of the molecule is COC(C)CNCC(=O)NCC(=O)Nc1cccc2c(Cc3ccccc3)cccc12. The van der Waals surface area contributed by atoms with Crippen molar-refractivity contribution in [2.75, 3.05) is 32.1 Å². The minimum Gasteiger partial charge on any atom is -0.380 e. The van der Waals surface area contributed by atoms with Crippen molar-refractivity contribution in [3.8, 4) is 0 Å². The van der Waals surface area contributed by atoms with Gasteiger partial charge in [0.25, 0.3) is 0 Å². The van der Waals surface area contributed by atoms with Crippen LogP contribution in [0.15, 0.2) is 66.7 Å². The van der Waals surface area contributed by atoms with E-state index in [-0.39, 0.29) is 31.0 Å². The Kier molecular flexibility index (Phi) is 8.15. The van der Waals surface area contributed by atoms with Gasteiger partial charge in [-0.3, -0.25) is 9.59 Å². The van der Waals surface area contributed by atoms with E-state index in [1.807, 2.05) is 49.4 Å². The maximum atomic E-state index is 12.4. The van der Waals surface area contributed by atoms with Gasteiger partial charge in [0.05, 0.1) is 19.2 Å². The third-order valence-corrected chi connectivity index (χ3v) is 5.09. The molecule has 0 spiro atoms. The molecular formula is C25H29N3O3. The smallest absolute Gasteiger partial charge is 0.243 e. The minimum absolute atomic E-state index is 0.0224. The van der Waals surface area contributed by atoms with Crippen LogP contribution in [-0.2, 0) is 20.7 Å². The molecule has 0 radical (unpaired) electrons. The van der Waals surface area contributed by atoms with Crippen molar-refractivity contribution in [2.45, 2.75) is 19.4 Å². The van der Waals surface area contributed by atoms with Gasteiger partial charge in [-0.2, -0.15) is 0 Å². The van der Waals surface area contributed by atoms with Crippen LogP contribution in [0, 0.1) is 0 Å². The van der Waals surface area contributed by atoms with Gasteiger partial charge >= 0.3 is 0 Å². The normalized spacial score (nSPS) is 11.8. The van der Waals surface area contributed by atoms with Crippen LogP contribution in [-0.4, -0.2) is 44.7 Å². The maximum Gasteiger partial charge on any atom is 0.243 e. The lowest BCUT2D eigenvalue weighted by molar-refractivity contribution is -0.123. The highest BCUT2D eigenvalue weighted by Gasteiger charge is 2.10. The van der Waals surface area contributed by atoms with Crippen molar-refractivity contribution in [1.29, 1.82) is 0 Å². The van der Waals surface area contributed by atoms with E-state index in [0.29, 0.717) is 6.54 Å². The van der Waals surface area contributed by atoms with Crippen molar-refractivity contribution < 1.29 is 14.3 Å². The Hall–Kier alpha value is -3.22. The van der Waals surface area contributed by atoms with Gasteiger partial charge in [-0.25, -0.2) is 0 Å². The number of nitrogens with one attached hydrogen (secondary N) is 3. The fourth-order valence-corrected chi connectivity index (χ4v) is 3.36. The molecule has 6 heteroatoms. The summed E-state index contributed by atoms with van der Waals surface area (Å²) < 4.78 is 5.11. The average Bonchev–Trinajstić information content (AvgIpc) is 2.79. The molecule has 0 bridgehead atoms. The van der Waals surface area contributed by atoms with Crippen molar-refractivity contribution in [3.05, 3.63) is 77.9 Å². The summed E-state index contributed by atoms with van der Waals surface area (Å²) in [6, 6.07) is 22.3. The standard InChI is InChI=1S/C25H29N3O3/c1-18(31-2)15-26-16-24(29)27-17-25(30)28-23-13-7-11-21-20(10-6-12-22(21)23)14-19-8-4-3-5-9-19/h3-13,18,26H,14-17H2,1-2H3,(H,27,29)(H,28,30). The van der Waals surface area contributed by atoms with Gasteiger partial charge in [0.15, 0.2) is 0 Å². The zero-order valence-corrected chi connectivity index (χ0v) is 18.0. The molecule has 162 valence electrons. The van der Waals surface area contributed by atoms with Crippen LogP contribution in [0.25, 0.3) is 10.8 Å². The summed E-state index contributed by atoms with van der Waals surface area (Å²) in [4.78, 5) is 24.3. The second-order valence-electron chi connectivity index (χ2n) is 7.48. The fourth-order valence-electron chi connectivity index (χ4n) is 3.36. The molecule has 0 aliphatic carbocycles. The van der Waals surface area contributed by atoms with E-state index < -0.39 is 0 Å². The summed E-state index contributed by atoms with van der Waals surface area (Å²) in [6.07, 6.45) is 0.842.